The van der Waals surface area contributed by atoms with E-state index in [1.165, 1.54) is 0 Å². The fourth-order valence-corrected chi connectivity index (χ4v) is 0.980. The topological polar surface area (TPSA) is 64.3 Å². The van der Waals surface area contributed by atoms with Gasteiger partial charge in [0.15, 0.2) is 0 Å². The van der Waals surface area contributed by atoms with E-state index in [9.17, 15) is 0 Å². The Morgan fingerprint density at radius 1 is 1.43 bits per heavy atom. The van der Waals surface area contributed by atoms with Crippen LogP contribution in [0.3, 0.4) is 0 Å². The molecule has 0 saturated heterocycles. The van der Waals surface area contributed by atoms with Crippen LogP contribution in [0.15, 0.2) is 6.07 Å². The minimum Gasteiger partial charge on any atom is -0.481 e. The first-order valence-corrected chi connectivity index (χ1v) is 4.46. The largest absolute Gasteiger partial charge is 0.481 e. The standard InChI is InChI=1S/C9H16N4O/c1-6(2)13(3)7-5-8(14-4)12-9(10)11-7/h5-6H,1-4H3,(H2,10,11,12). The van der Waals surface area contributed by atoms with Crippen LogP contribution in [0.1, 0.15) is 13.8 Å². The lowest BCUT2D eigenvalue weighted by Gasteiger charge is -2.22. The summed E-state index contributed by atoms with van der Waals surface area (Å²) in [4.78, 5) is 10.0. The number of aromatic nitrogens is 2. The van der Waals surface area contributed by atoms with Gasteiger partial charge in [0.2, 0.25) is 11.8 Å². The summed E-state index contributed by atoms with van der Waals surface area (Å²) in [5.41, 5.74) is 5.54. The maximum absolute atomic E-state index is 5.54. The average molecular weight is 196 g/mol. The van der Waals surface area contributed by atoms with Gasteiger partial charge in [-0.2, -0.15) is 9.97 Å². The Kier molecular flexibility index (Phi) is 3.11. The summed E-state index contributed by atoms with van der Waals surface area (Å²) in [7, 11) is 3.51. The monoisotopic (exact) mass is 196 g/mol. The van der Waals surface area contributed by atoms with Crippen LogP contribution in [0.4, 0.5) is 11.8 Å². The molecule has 0 saturated carbocycles. The van der Waals surface area contributed by atoms with E-state index in [0.717, 1.165) is 5.82 Å². The average Bonchev–Trinajstić information content (AvgIpc) is 2.15. The number of nitrogen functional groups attached to an aromatic ring is 1. The van der Waals surface area contributed by atoms with Gasteiger partial charge in [-0.15, -0.1) is 0 Å². The quantitative estimate of drug-likeness (QED) is 0.778. The highest BCUT2D eigenvalue weighted by Gasteiger charge is 2.09. The van der Waals surface area contributed by atoms with Crippen molar-refractivity contribution in [3.05, 3.63) is 6.07 Å². The molecular weight excluding hydrogens is 180 g/mol. The van der Waals surface area contributed by atoms with Crippen LogP contribution < -0.4 is 15.4 Å². The van der Waals surface area contributed by atoms with Crippen molar-refractivity contribution < 1.29 is 4.74 Å². The van der Waals surface area contributed by atoms with Crippen LogP contribution in [0.5, 0.6) is 5.88 Å². The number of ether oxygens (including phenoxy) is 1. The maximum atomic E-state index is 5.54. The number of methoxy groups -OCH3 is 1. The molecule has 0 fully saturated rings. The van der Waals surface area contributed by atoms with Crippen molar-refractivity contribution in [3.63, 3.8) is 0 Å². The molecule has 0 amide bonds. The number of rotatable bonds is 3. The molecule has 0 radical (unpaired) electrons. The van der Waals surface area contributed by atoms with Gasteiger partial charge in [-0.05, 0) is 13.8 Å². The van der Waals surface area contributed by atoms with Gasteiger partial charge in [0.1, 0.15) is 5.82 Å². The second kappa shape index (κ2) is 4.13. The van der Waals surface area contributed by atoms with E-state index in [1.54, 1.807) is 13.2 Å². The molecule has 1 heterocycles. The SMILES string of the molecule is COc1cc(N(C)C(C)C)nc(N)n1. The Hall–Kier alpha value is -1.52. The third kappa shape index (κ3) is 2.25. The maximum Gasteiger partial charge on any atom is 0.225 e. The zero-order valence-electron chi connectivity index (χ0n) is 8.98. The molecule has 0 aliphatic carbocycles. The van der Waals surface area contributed by atoms with Crippen molar-refractivity contribution in [1.82, 2.24) is 9.97 Å². The van der Waals surface area contributed by atoms with E-state index >= 15 is 0 Å². The second-order valence-electron chi connectivity index (χ2n) is 3.33. The van der Waals surface area contributed by atoms with Gasteiger partial charge in [0.25, 0.3) is 0 Å². The van der Waals surface area contributed by atoms with Crippen molar-refractivity contribution in [1.29, 1.82) is 0 Å². The first-order chi connectivity index (χ1) is 6.54. The predicted octanol–water partition coefficient (Wildman–Crippen LogP) is 0.912. The molecule has 14 heavy (non-hydrogen) atoms. The summed E-state index contributed by atoms with van der Waals surface area (Å²) in [6.45, 7) is 4.15. The second-order valence-corrected chi connectivity index (χ2v) is 3.33. The van der Waals surface area contributed by atoms with Crippen LogP contribution in [0, 0.1) is 0 Å². The Labute approximate surface area is 83.9 Å². The fraction of sp³-hybridized carbons (Fsp3) is 0.556. The van der Waals surface area contributed by atoms with Crippen LogP contribution in [-0.2, 0) is 0 Å². The molecule has 2 N–H and O–H groups in total. The van der Waals surface area contributed by atoms with Gasteiger partial charge in [-0.1, -0.05) is 0 Å². The normalized spacial score (nSPS) is 10.4. The molecule has 5 nitrogen and oxygen atoms in total. The van der Waals surface area contributed by atoms with Crippen LogP contribution in [-0.4, -0.2) is 30.2 Å². The van der Waals surface area contributed by atoms with Gasteiger partial charge in [-0.3, -0.25) is 0 Å². The van der Waals surface area contributed by atoms with Gasteiger partial charge in [0.05, 0.1) is 7.11 Å². The third-order valence-corrected chi connectivity index (χ3v) is 2.05. The number of hydrogen-bond acceptors (Lipinski definition) is 5. The number of anilines is 2. The highest BCUT2D eigenvalue weighted by Crippen LogP contribution is 2.18. The van der Waals surface area contributed by atoms with E-state index in [-0.39, 0.29) is 5.95 Å². The molecule has 0 aromatic carbocycles. The van der Waals surface area contributed by atoms with Crippen LogP contribution >= 0.6 is 0 Å². The fourth-order valence-electron chi connectivity index (χ4n) is 0.980. The van der Waals surface area contributed by atoms with Crippen LogP contribution in [0.2, 0.25) is 0 Å². The summed E-state index contributed by atoms with van der Waals surface area (Å²) in [5.74, 6) is 1.48. The Morgan fingerprint density at radius 3 is 2.57 bits per heavy atom. The zero-order valence-corrected chi connectivity index (χ0v) is 8.98. The van der Waals surface area contributed by atoms with E-state index in [1.807, 2.05) is 11.9 Å². The van der Waals surface area contributed by atoms with E-state index in [4.69, 9.17) is 10.5 Å². The molecule has 5 heteroatoms. The Morgan fingerprint density at radius 2 is 2.07 bits per heavy atom. The Bertz CT molecular complexity index is 314. The summed E-state index contributed by atoms with van der Waals surface area (Å²) in [5, 5.41) is 0. The highest BCUT2D eigenvalue weighted by molar-refractivity contribution is 5.45. The van der Waals surface area contributed by atoms with Gasteiger partial charge in [-0.25, -0.2) is 0 Å². The van der Waals surface area contributed by atoms with E-state index < -0.39 is 0 Å². The molecule has 0 spiro atoms. The molecule has 1 aromatic rings. The van der Waals surface area contributed by atoms with Crippen molar-refractivity contribution in [2.45, 2.75) is 19.9 Å². The number of nitrogens with zero attached hydrogens (tertiary/aromatic N) is 3. The molecule has 0 aliphatic rings. The summed E-state index contributed by atoms with van der Waals surface area (Å²) >= 11 is 0. The molecule has 0 aliphatic heterocycles. The summed E-state index contributed by atoms with van der Waals surface area (Å²) in [6.07, 6.45) is 0. The first kappa shape index (κ1) is 10.6. The predicted molar refractivity (Wildman–Crippen MR) is 56.5 cm³/mol. The van der Waals surface area contributed by atoms with Crippen molar-refractivity contribution in [3.8, 4) is 5.88 Å². The molecule has 1 rings (SSSR count). The smallest absolute Gasteiger partial charge is 0.225 e. The van der Waals surface area contributed by atoms with E-state index in [2.05, 4.69) is 23.8 Å². The number of nitrogens with two attached hydrogens (primary N) is 1. The molecule has 78 valence electrons. The van der Waals surface area contributed by atoms with Gasteiger partial charge in [0, 0.05) is 19.2 Å². The lowest BCUT2D eigenvalue weighted by atomic mass is 10.3. The number of hydrogen-bond donors (Lipinski definition) is 1. The first-order valence-electron chi connectivity index (χ1n) is 4.46. The molecule has 0 unspecified atom stereocenters. The Balaban J connectivity index is 3.02. The third-order valence-electron chi connectivity index (χ3n) is 2.05. The van der Waals surface area contributed by atoms with E-state index in [0.29, 0.717) is 11.9 Å². The van der Waals surface area contributed by atoms with Gasteiger partial charge >= 0.3 is 0 Å². The summed E-state index contributed by atoms with van der Waals surface area (Å²) < 4.78 is 5.01. The lowest BCUT2D eigenvalue weighted by molar-refractivity contribution is 0.397. The van der Waals surface area contributed by atoms with Crippen LogP contribution in [0.25, 0.3) is 0 Å². The molecule has 0 atom stereocenters. The summed E-state index contributed by atoms with van der Waals surface area (Å²) in [6, 6.07) is 2.12. The highest BCUT2D eigenvalue weighted by atomic mass is 16.5. The van der Waals surface area contributed by atoms with Crippen molar-refractivity contribution in [2.75, 3.05) is 24.8 Å². The minimum atomic E-state index is 0.229. The van der Waals surface area contributed by atoms with Crippen molar-refractivity contribution >= 4 is 11.8 Å². The molecule has 0 bridgehead atoms. The lowest BCUT2D eigenvalue weighted by Crippen LogP contribution is -2.26. The van der Waals surface area contributed by atoms with Crippen molar-refractivity contribution in [2.24, 2.45) is 0 Å². The molecule has 1 aromatic heterocycles. The van der Waals surface area contributed by atoms with Gasteiger partial charge < -0.3 is 15.4 Å². The minimum absolute atomic E-state index is 0.229. The zero-order chi connectivity index (χ0) is 10.7. The molecular formula is C9H16N4O.